The Labute approximate surface area is 109 Å². The molecule has 0 bridgehead atoms. The normalized spacial score (nSPS) is 10.2. The minimum absolute atomic E-state index is 0.0186. The first kappa shape index (κ1) is 12.5. The molecule has 0 saturated carbocycles. The van der Waals surface area contributed by atoms with Crippen molar-refractivity contribution in [3.8, 4) is 0 Å². The summed E-state index contributed by atoms with van der Waals surface area (Å²) >= 11 is 5.81. The molecule has 92 valence electrons. The quantitative estimate of drug-likeness (QED) is 0.845. The lowest BCUT2D eigenvalue weighted by Gasteiger charge is -2.07. The number of nitrogens with one attached hydrogen (secondary N) is 1. The van der Waals surface area contributed by atoms with E-state index in [4.69, 9.17) is 11.6 Å². The van der Waals surface area contributed by atoms with Gasteiger partial charge in [-0.2, -0.15) is 0 Å². The van der Waals surface area contributed by atoms with Gasteiger partial charge in [-0.25, -0.2) is 9.37 Å². The van der Waals surface area contributed by atoms with E-state index < -0.39 is 11.7 Å². The van der Waals surface area contributed by atoms with Gasteiger partial charge < -0.3 is 5.32 Å². The predicted molar refractivity (Wildman–Crippen MR) is 68.3 cm³/mol. The van der Waals surface area contributed by atoms with Crippen LogP contribution >= 0.6 is 11.6 Å². The lowest BCUT2D eigenvalue weighted by atomic mass is 10.1. The van der Waals surface area contributed by atoms with Gasteiger partial charge in [-0.3, -0.25) is 4.79 Å². The van der Waals surface area contributed by atoms with Gasteiger partial charge in [0, 0.05) is 6.20 Å². The van der Waals surface area contributed by atoms with Crippen molar-refractivity contribution in [3.63, 3.8) is 0 Å². The van der Waals surface area contributed by atoms with Gasteiger partial charge in [0.25, 0.3) is 5.91 Å². The highest BCUT2D eigenvalue weighted by Crippen LogP contribution is 2.19. The molecule has 18 heavy (non-hydrogen) atoms. The summed E-state index contributed by atoms with van der Waals surface area (Å²) in [6, 6.07) is 7.57. The Morgan fingerprint density at radius 2 is 2.17 bits per heavy atom. The second-order valence-electron chi connectivity index (χ2n) is 3.78. The van der Waals surface area contributed by atoms with Gasteiger partial charge in [0.1, 0.15) is 5.82 Å². The summed E-state index contributed by atoms with van der Waals surface area (Å²) in [4.78, 5) is 15.7. The molecular formula is C13H10ClFN2O. The number of hydrogen-bond donors (Lipinski definition) is 1. The number of nitrogens with zero attached hydrogens (tertiary/aromatic N) is 1. The van der Waals surface area contributed by atoms with Gasteiger partial charge in [-0.05, 0) is 31.2 Å². The van der Waals surface area contributed by atoms with Crippen molar-refractivity contribution in [1.82, 2.24) is 4.98 Å². The Balaban J connectivity index is 2.28. The van der Waals surface area contributed by atoms with Gasteiger partial charge in [0.2, 0.25) is 0 Å². The van der Waals surface area contributed by atoms with Crippen LogP contribution in [0.4, 0.5) is 10.1 Å². The Morgan fingerprint density at radius 3 is 2.89 bits per heavy atom. The fourth-order valence-electron chi connectivity index (χ4n) is 1.48. The molecule has 0 radical (unpaired) electrons. The molecule has 3 nitrogen and oxygen atoms in total. The molecule has 0 aliphatic carbocycles. The maximum absolute atomic E-state index is 13.5. The molecule has 1 aromatic heterocycles. The van der Waals surface area contributed by atoms with Crippen LogP contribution in [0.3, 0.4) is 0 Å². The summed E-state index contributed by atoms with van der Waals surface area (Å²) in [6.07, 6.45) is 1.51. The summed E-state index contributed by atoms with van der Waals surface area (Å²) in [7, 11) is 0. The van der Waals surface area contributed by atoms with Crippen LogP contribution in [0.15, 0.2) is 36.5 Å². The molecule has 0 aliphatic heterocycles. The number of amides is 1. The molecule has 0 spiro atoms. The molecule has 5 heteroatoms. The van der Waals surface area contributed by atoms with E-state index >= 15 is 0 Å². The van der Waals surface area contributed by atoms with Crippen LogP contribution in [-0.2, 0) is 0 Å². The highest BCUT2D eigenvalue weighted by Gasteiger charge is 2.13. The van der Waals surface area contributed by atoms with Crippen LogP contribution in [0.25, 0.3) is 0 Å². The van der Waals surface area contributed by atoms with Crippen molar-refractivity contribution in [2.75, 3.05) is 5.32 Å². The number of aromatic nitrogens is 1. The first-order valence-corrected chi connectivity index (χ1v) is 5.64. The average molecular weight is 265 g/mol. The number of halogens is 2. The fraction of sp³-hybridized carbons (Fsp3) is 0.0769. The summed E-state index contributed by atoms with van der Waals surface area (Å²) in [5, 5.41) is 2.69. The standard InChI is InChI=1S/C13H10ClFN2O/c1-8-4-5-10(15)9(7-8)13(18)17-11-3-2-6-16-12(11)14/h2-7H,1H3,(H,17,18). The molecule has 0 saturated heterocycles. The summed E-state index contributed by atoms with van der Waals surface area (Å²) < 4.78 is 13.5. The highest BCUT2D eigenvalue weighted by atomic mass is 35.5. The highest BCUT2D eigenvalue weighted by molar-refractivity contribution is 6.32. The largest absolute Gasteiger partial charge is 0.319 e. The third-order valence-corrected chi connectivity index (χ3v) is 2.67. The van der Waals surface area contributed by atoms with E-state index in [1.165, 1.54) is 18.3 Å². The van der Waals surface area contributed by atoms with Gasteiger partial charge in [0.15, 0.2) is 5.15 Å². The first-order valence-electron chi connectivity index (χ1n) is 5.26. The van der Waals surface area contributed by atoms with E-state index in [9.17, 15) is 9.18 Å². The van der Waals surface area contributed by atoms with Gasteiger partial charge >= 0.3 is 0 Å². The third kappa shape index (κ3) is 2.65. The van der Waals surface area contributed by atoms with E-state index in [1.807, 2.05) is 0 Å². The summed E-state index contributed by atoms with van der Waals surface area (Å²) in [5.41, 5.74) is 1.14. The van der Waals surface area contributed by atoms with E-state index in [2.05, 4.69) is 10.3 Å². The topological polar surface area (TPSA) is 42.0 Å². The van der Waals surface area contributed by atoms with Gasteiger partial charge in [0.05, 0.1) is 11.3 Å². The number of benzene rings is 1. The molecular weight excluding hydrogens is 255 g/mol. The number of pyridine rings is 1. The smallest absolute Gasteiger partial charge is 0.258 e. The van der Waals surface area contributed by atoms with Crippen molar-refractivity contribution in [3.05, 3.63) is 58.6 Å². The predicted octanol–water partition coefficient (Wildman–Crippen LogP) is 3.43. The minimum Gasteiger partial charge on any atom is -0.319 e. The number of carbonyl (C=O) groups is 1. The van der Waals surface area contributed by atoms with Crippen molar-refractivity contribution in [2.24, 2.45) is 0 Å². The zero-order valence-corrected chi connectivity index (χ0v) is 10.3. The molecule has 1 aromatic carbocycles. The van der Waals surface area contributed by atoms with Crippen molar-refractivity contribution < 1.29 is 9.18 Å². The number of aryl methyl sites for hydroxylation is 1. The van der Waals surface area contributed by atoms with Crippen molar-refractivity contribution in [1.29, 1.82) is 0 Å². The monoisotopic (exact) mass is 264 g/mol. The Hall–Kier alpha value is -1.94. The van der Waals surface area contributed by atoms with Crippen molar-refractivity contribution >= 4 is 23.2 Å². The number of hydrogen-bond acceptors (Lipinski definition) is 2. The van der Waals surface area contributed by atoms with Crippen molar-refractivity contribution in [2.45, 2.75) is 6.92 Å². The molecule has 2 aromatic rings. The molecule has 1 amide bonds. The second-order valence-corrected chi connectivity index (χ2v) is 4.14. The van der Waals surface area contributed by atoms with Crippen LogP contribution in [0.1, 0.15) is 15.9 Å². The second kappa shape index (κ2) is 5.14. The number of carbonyl (C=O) groups excluding carboxylic acids is 1. The summed E-state index contributed by atoms with van der Waals surface area (Å²) in [5.74, 6) is -1.12. The fourth-order valence-corrected chi connectivity index (χ4v) is 1.65. The molecule has 0 atom stereocenters. The first-order chi connectivity index (χ1) is 8.58. The van der Waals surface area contributed by atoms with Crippen LogP contribution in [0.5, 0.6) is 0 Å². The Kier molecular flexibility index (Phi) is 3.58. The van der Waals surface area contributed by atoms with Crippen LogP contribution in [-0.4, -0.2) is 10.9 Å². The lowest BCUT2D eigenvalue weighted by Crippen LogP contribution is -2.14. The number of anilines is 1. The molecule has 0 aliphatic rings. The Morgan fingerprint density at radius 1 is 1.39 bits per heavy atom. The lowest BCUT2D eigenvalue weighted by molar-refractivity contribution is 0.102. The number of rotatable bonds is 2. The van der Waals surface area contributed by atoms with E-state index in [-0.39, 0.29) is 10.7 Å². The molecule has 0 fully saturated rings. The molecule has 2 rings (SSSR count). The van der Waals surface area contributed by atoms with E-state index in [0.29, 0.717) is 5.69 Å². The average Bonchev–Trinajstić information content (AvgIpc) is 2.35. The maximum Gasteiger partial charge on any atom is 0.258 e. The maximum atomic E-state index is 13.5. The minimum atomic E-state index is -0.571. The Bertz CT molecular complexity index is 601. The third-order valence-electron chi connectivity index (χ3n) is 2.37. The molecule has 1 heterocycles. The SMILES string of the molecule is Cc1ccc(F)c(C(=O)Nc2cccnc2Cl)c1. The van der Waals surface area contributed by atoms with E-state index in [0.717, 1.165) is 5.56 Å². The van der Waals surface area contributed by atoms with Gasteiger partial charge in [-0.15, -0.1) is 0 Å². The zero-order valence-electron chi connectivity index (χ0n) is 9.58. The zero-order chi connectivity index (χ0) is 13.1. The van der Waals surface area contributed by atoms with E-state index in [1.54, 1.807) is 25.1 Å². The molecule has 1 N–H and O–H groups in total. The van der Waals surface area contributed by atoms with Crippen LogP contribution in [0.2, 0.25) is 5.15 Å². The summed E-state index contributed by atoms with van der Waals surface area (Å²) in [6.45, 7) is 1.78. The van der Waals surface area contributed by atoms with Crippen LogP contribution in [0, 0.1) is 12.7 Å². The molecule has 0 unspecified atom stereocenters. The van der Waals surface area contributed by atoms with Crippen LogP contribution < -0.4 is 5.32 Å². The van der Waals surface area contributed by atoms with Gasteiger partial charge in [-0.1, -0.05) is 23.2 Å².